The maximum atomic E-state index is 5.35. The lowest BCUT2D eigenvalue weighted by atomic mass is 11.0. The van der Waals surface area contributed by atoms with Crippen LogP contribution in [0.25, 0.3) is 0 Å². The average molecular weight is 333 g/mol. The number of thiocarbonyl (C=S) groups is 2. The van der Waals surface area contributed by atoms with Crippen LogP contribution in [0.5, 0.6) is 0 Å². The molecule has 0 heterocycles. The van der Waals surface area contributed by atoms with Crippen molar-refractivity contribution in [3.8, 4) is 0 Å². The quantitative estimate of drug-likeness (QED) is 0.435. The molecule has 0 N–H and O–H groups in total. The van der Waals surface area contributed by atoms with Crippen molar-refractivity contribution in [3.63, 3.8) is 0 Å². The molecule has 0 aromatic heterocycles. The van der Waals surface area contributed by atoms with Crippen LogP contribution in [0, 0.1) is 0 Å². The maximum Gasteiger partial charge on any atom is 0.148 e. The molecule has 0 amide bonds. The fourth-order valence-corrected chi connectivity index (χ4v) is 5.04. The topological polar surface area (TPSA) is 6.48 Å². The first-order valence-electron chi connectivity index (χ1n) is 4.32. The Morgan fingerprint density at radius 1 is 0.938 bits per heavy atom. The van der Waals surface area contributed by atoms with E-state index in [2.05, 4.69) is 17.4 Å². The first-order chi connectivity index (χ1) is 7.43. The van der Waals surface area contributed by atoms with E-state index in [-0.39, 0.29) is 0 Å². The van der Waals surface area contributed by atoms with Crippen LogP contribution in [0.15, 0.2) is 0 Å². The Morgan fingerprint density at radius 2 is 1.38 bits per heavy atom. The summed E-state index contributed by atoms with van der Waals surface area (Å²) in [5.74, 6) is 0. The summed E-state index contributed by atoms with van der Waals surface area (Å²) in [5, 5.41) is 0. The fourth-order valence-electron chi connectivity index (χ4n) is 0.703. The van der Waals surface area contributed by atoms with E-state index >= 15 is 0 Å². The minimum Gasteiger partial charge on any atom is -0.363 e. The van der Waals surface area contributed by atoms with Gasteiger partial charge in [-0.2, -0.15) is 0 Å². The molecule has 0 atom stereocenters. The zero-order valence-electron chi connectivity index (χ0n) is 9.92. The molecule has 0 aliphatic carbocycles. The van der Waals surface area contributed by atoms with Gasteiger partial charge < -0.3 is 9.80 Å². The van der Waals surface area contributed by atoms with E-state index < -0.39 is 0 Å². The smallest absolute Gasteiger partial charge is 0.148 e. The second kappa shape index (κ2) is 9.16. The van der Waals surface area contributed by atoms with Crippen LogP contribution in [-0.2, 0) is 0 Å². The summed E-state index contributed by atoms with van der Waals surface area (Å²) in [4.78, 5) is 4.01. The molecule has 16 heavy (non-hydrogen) atoms. The van der Waals surface area contributed by atoms with Crippen molar-refractivity contribution in [1.29, 1.82) is 0 Å². The average Bonchev–Trinajstić information content (AvgIpc) is 2.26. The molecule has 8 heteroatoms. The number of rotatable bonds is 3. The van der Waals surface area contributed by atoms with Crippen molar-refractivity contribution < 1.29 is 0 Å². The number of hydrogen-bond donors (Lipinski definition) is 0. The zero-order valence-corrected chi connectivity index (χ0v) is 14.8. The van der Waals surface area contributed by atoms with Crippen molar-refractivity contribution in [2.24, 2.45) is 0 Å². The second-order valence-corrected chi connectivity index (χ2v) is 8.51. The monoisotopic (exact) mass is 332 g/mol. The Bertz CT molecular complexity index is 241. The van der Waals surface area contributed by atoms with Crippen LogP contribution in [-0.4, -0.2) is 56.8 Å². The van der Waals surface area contributed by atoms with E-state index in [9.17, 15) is 0 Å². The van der Waals surface area contributed by atoms with Crippen LogP contribution >= 0.6 is 69.5 Å². The Morgan fingerprint density at radius 3 is 1.75 bits per heavy atom. The van der Waals surface area contributed by atoms with E-state index in [1.807, 2.05) is 26.0 Å². The standard InChI is InChI=1S/C8H16N2S6/c1-9(2)6(11)15-16-7(12)10(3)8(13-4)14-5/h8H,1-5H3. The lowest BCUT2D eigenvalue weighted by Gasteiger charge is -2.26. The van der Waals surface area contributed by atoms with Gasteiger partial charge in [-0.15, -0.1) is 23.5 Å². The Hall–Kier alpha value is 1.18. The van der Waals surface area contributed by atoms with E-state index in [1.165, 1.54) is 10.8 Å². The summed E-state index contributed by atoms with van der Waals surface area (Å²) in [7, 11) is 8.98. The van der Waals surface area contributed by atoms with Crippen LogP contribution < -0.4 is 0 Å². The highest BCUT2D eigenvalue weighted by atomic mass is 33.1. The third-order valence-corrected chi connectivity index (χ3v) is 8.16. The van der Waals surface area contributed by atoms with E-state index in [1.54, 1.807) is 34.3 Å². The fraction of sp³-hybridized carbons (Fsp3) is 0.750. The van der Waals surface area contributed by atoms with Crippen molar-refractivity contribution in [1.82, 2.24) is 9.80 Å². The SMILES string of the molecule is CSC(SC)N(C)C(=S)SSC(=S)N(C)C. The first-order valence-corrected chi connectivity index (χ1v) is 9.86. The van der Waals surface area contributed by atoms with Crippen molar-refractivity contribution >= 4 is 78.2 Å². The molecule has 0 unspecified atom stereocenters. The van der Waals surface area contributed by atoms with E-state index in [0.717, 1.165) is 8.64 Å². The van der Waals surface area contributed by atoms with Gasteiger partial charge >= 0.3 is 0 Å². The zero-order chi connectivity index (χ0) is 12.7. The molecule has 0 aliphatic heterocycles. The summed E-state index contributed by atoms with van der Waals surface area (Å²) in [6, 6.07) is 0. The summed E-state index contributed by atoms with van der Waals surface area (Å²) >= 11 is 14.1. The first kappa shape index (κ1) is 17.2. The Labute approximate surface area is 125 Å². The van der Waals surface area contributed by atoms with Crippen LogP contribution in [0.3, 0.4) is 0 Å². The van der Waals surface area contributed by atoms with Crippen molar-refractivity contribution in [2.75, 3.05) is 33.7 Å². The number of hydrogen-bond acceptors (Lipinski definition) is 6. The van der Waals surface area contributed by atoms with E-state index in [4.69, 9.17) is 24.4 Å². The predicted molar refractivity (Wildman–Crippen MR) is 92.6 cm³/mol. The van der Waals surface area contributed by atoms with Crippen LogP contribution in [0.2, 0.25) is 0 Å². The van der Waals surface area contributed by atoms with Gasteiger partial charge in [-0.25, -0.2) is 0 Å². The van der Waals surface area contributed by atoms with Gasteiger partial charge in [0.1, 0.15) is 13.3 Å². The third-order valence-electron chi connectivity index (χ3n) is 1.56. The number of thioether (sulfide) groups is 2. The molecule has 0 saturated heterocycles. The molecule has 0 spiro atoms. The summed E-state index contributed by atoms with van der Waals surface area (Å²) in [6.07, 6.45) is 4.17. The molecule has 0 aliphatic rings. The highest BCUT2D eigenvalue weighted by Crippen LogP contribution is 2.31. The van der Waals surface area contributed by atoms with Gasteiger partial charge in [-0.05, 0) is 34.1 Å². The van der Waals surface area contributed by atoms with Gasteiger partial charge in [-0.1, -0.05) is 24.4 Å². The predicted octanol–water partition coefficient (Wildman–Crippen LogP) is 3.44. The van der Waals surface area contributed by atoms with Gasteiger partial charge in [0.2, 0.25) is 0 Å². The molecule has 0 rings (SSSR count). The normalized spacial score (nSPS) is 10.4. The second-order valence-electron chi connectivity index (χ2n) is 2.98. The third kappa shape index (κ3) is 6.20. The highest BCUT2D eigenvalue weighted by Gasteiger charge is 2.16. The minimum atomic E-state index is 0.369. The van der Waals surface area contributed by atoms with Crippen LogP contribution in [0.4, 0.5) is 0 Å². The lowest BCUT2D eigenvalue weighted by Crippen LogP contribution is -2.29. The van der Waals surface area contributed by atoms with Gasteiger partial charge in [-0.3, -0.25) is 0 Å². The lowest BCUT2D eigenvalue weighted by molar-refractivity contribution is 0.593. The van der Waals surface area contributed by atoms with Gasteiger partial charge in [0.25, 0.3) is 0 Å². The molecule has 0 fully saturated rings. The van der Waals surface area contributed by atoms with E-state index in [0.29, 0.717) is 4.71 Å². The molecule has 94 valence electrons. The Balaban J connectivity index is 4.10. The molecule has 0 saturated carbocycles. The Kier molecular flexibility index (Phi) is 9.83. The van der Waals surface area contributed by atoms with Crippen LogP contribution in [0.1, 0.15) is 0 Å². The molecular weight excluding hydrogens is 317 g/mol. The molecule has 2 nitrogen and oxygen atoms in total. The summed E-state index contributed by atoms with van der Waals surface area (Å²) in [6.45, 7) is 0. The number of nitrogens with zero attached hydrogens (tertiary/aromatic N) is 2. The molecule has 0 radical (unpaired) electrons. The summed E-state index contributed by atoms with van der Waals surface area (Å²) in [5.41, 5.74) is 0. The van der Waals surface area contributed by atoms with Gasteiger partial charge in [0.15, 0.2) is 0 Å². The highest BCUT2D eigenvalue weighted by molar-refractivity contribution is 8.89. The van der Waals surface area contributed by atoms with Gasteiger partial charge in [0, 0.05) is 21.1 Å². The van der Waals surface area contributed by atoms with Crippen molar-refractivity contribution in [3.05, 3.63) is 0 Å². The molecule has 0 bridgehead atoms. The maximum absolute atomic E-state index is 5.35. The van der Waals surface area contributed by atoms with Crippen molar-refractivity contribution in [2.45, 2.75) is 4.71 Å². The minimum absolute atomic E-state index is 0.369. The largest absolute Gasteiger partial charge is 0.363 e. The molecule has 0 aromatic carbocycles. The molecular formula is C8H16N2S6. The summed E-state index contributed by atoms with van der Waals surface area (Å²) < 4.78 is 2.07. The van der Waals surface area contributed by atoms with Gasteiger partial charge in [0.05, 0.1) is 0 Å². The molecule has 0 aromatic rings.